The molecule has 1 aliphatic heterocycles. The third-order valence-corrected chi connectivity index (χ3v) is 2.48. The summed E-state index contributed by atoms with van der Waals surface area (Å²) >= 11 is 0. The summed E-state index contributed by atoms with van der Waals surface area (Å²) in [5.74, 6) is 0.516. The fourth-order valence-corrected chi connectivity index (χ4v) is 1.42. The van der Waals surface area contributed by atoms with Gasteiger partial charge >= 0.3 is 0 Å². The molecule has 0 bridgehead atoms. The minimum absolute atomic E-state index is 0.317. The lowest BCUT2D eigenvalue weighted by atomic mass is 10.1. The van der Waals surface area contributed by atoms with Crippen LogP contribution in [0.2, 0.25) is 0 Å². The minimum Gasteiger partial charge on any atom is -0.394 e. The van der Waals surface area contributed by atoms with Gasteiger partial charge in [-0.15, -0.1) is 0 Å². The fourth-order valence-electron chi connectivity index (χ4n) is 1.42. The smallest absolute Gasteiger partial charge is 0.186 e. The molecule has 1 heterocycles. The summed E-state index contributed by atoms with van der Waals surface area (Å²) in [6.07, 6.45) is -2.85. The average molecular weight is 220 g/mol. The van der Waals surface area contributed by atoms with Gasteiger partial charge in [0.2, 0.25) is 0 Å². The first-order chi connectivity index (χ1) is 7.06. The lowest BCUT2D eigenvalue weighted by Crippen LogP contribution is -2.34. The fraction of sp³-hybridized carbons (Fsp3) is 1.00. The first-order valence-electron chi connectivity index (χ1n) is 5.30. The molecule has 1 saturated heterocycles. The van der Waals surface area contributed by atoms with Crippen LogP contribution in [0.1, 0.15) is 20.3 Å². The zero-order valence-corrected chi connectivity index (χ0v) is 9.17. The topological polar surface area (TPSA) is 79.2 Å². The second-order valence-corrected chi connectivity index (χ2v) is 4.26. The van der Waals surface area contributed by atoms with Gasteiger partial charge in [0.1, 0.15) is 18.3 Å². The Balaban J connectivity index is 2.31. The number of aliphatic hydroxyl groups excluding tert-OH is 3. The van der Waals surface area contributed by atoms with E-state index in [1.807, 2.05) is 0 Å². The Bertz CT molecular complexity index is 185. The van der Waals surface area contributed by atoms with Crippen molar-refractivity contribution in [3.63, 3.8) is 0 Å². The van der Waals surface area contributed by atoms with Crippen LogP contribution >= 0.6 is 0 Å². The predicted octanol–water partition coefficient (Wildman–Crippen LogP) is -0.512. The lowest BCUT2D eigenvalue weighted by molar-refractivity contribution is -0.170. The Morgan fingerprint density at radius 3 is 2.40 bits per heavy atom. The van der Waals surface area contributed by atoms with Gasteiger partial charge in [-0.05, 0) is 12.3 Å². The van der Waals surface area contributed by atoms with Crippen LogP contribution in [0.5, 0.6) is 0 Å². The Hall–Kier alpha value is -0.200. The number of ether oxygens (including phenoxy) is 2. The third kappa shape index (κ3) is 3.39. The standard InChI is InChI=1S/C10H20O5/c1-6(2)3-4-14-10-9(13)8(12)7(5-11)15-10/h6-13H,3-5H2,1-2H3. The van der Waals surface area contributed by atoms with Crippen molar-refractivity contribution in [2.45, 2.75) is 44.9 Å². The first-order valence-corrected chi connectivity index (χ1v) is 5.30. The van der Waals surface area contributed by atoms with Gasteiger partial charge in [0.25, 0.3) is 0 Å². The van der Waals surface area contributed by atoms with Gasteiger partial charge in [0.05, 0.1) is 13.2 Å². The Morgan fingerprint density at radius 2 is 1.93 bits per heavy atom. The maximum atomic E-state index is 9.51. The molecule has 0 amide bonds. The van der Waals surface area contributed by atoms with Crippen LogP contribution in [-0.2, 0) is 9.47 Å². The molecule has 0 spiro atoms. The monoisotopic (exact) mass is 220 g/mol. The molecule has 15 heavy (non-hydrogen) atoms. The first kappa shape index (κ1) is 12.9. The molecule has 0 aliphatic carbocycles. The molecule has 1 fully saturated rings. The Morgan fingerprint density at radius 1 is 1.27 bits per heavy atom. The van der Waals surface area contributed by atoms with Crippen molar-refractivity contribution in [3.05, 3.63) is 0 Å². The summed E-state index contributed by atoms with van der Waals surface area (Å²) in [7, 11) is 0. The molecule has 3 N–H and O–H groups in total. The van der Waals surface area contributed by atoms with E-state index in [9.17, 15) is 10.2 Å². The molecule has 4 atom stereocenters. The number of hydrogen-bond donors (Lipinski definition) is 3. The zero-order chi connectivity index (χ0) is 11.4. The van der Waals surface area contributed by atoms with Gasteiger partial charge < -0.3 is 24.8 Å². The van der Waals surface area contributed by atoms with Crippen LogP contribution in [-0.4, -0.2) is 53.1 Å². The summed E-state index contributed by atoms with van der Waals surface area (Å²) in [5, 5.41) is 27.8. The molecule has 4 unspecified atom stereocenters. The van der Waals surface area contributed by atoms with E-state index in [0.29, 0.717) is 12.5 Å². The van der Waals surface area contributed by atoms with E-state index in [2.05, 4.69) is 13.8 Å². The van der Waals surface area contributed by atoms with Crippen molar-refractivity contribution in [3.8, 4) is 0 Å². The van der Waals surface area contributed by atoms with E-state index in [-0.39, 0.29) is 6.61 Å². The van der Waals surface area contributed by atoms with Gasteiger partial charge in [-0.25, -0.2) is 0 Å². The lowest BCUT2D eigenvalue weighted by Gasteiger charge is -2.16. The van der Waals surface area contributed by atoms with Crippen LogP contribution in [0.25, 0.3) is 0 Å². The molecule has 5 heteroatoms. The van der Waals surface area contributed by atoms with Crippen molar-refractivity contribution >= 4 is 0 Å². The number of aliphatic hydroxyl groups is 3. The van der Waals surface area contributed by atoms with Crippen molar-refractivity contribution < 1.29 is 24.8 Å². The summed E-state index contributed by atoms with van der Waals surface area (Å²) in [6.45, 7) is 4.30. The molecule has 90 valence electrons. The van der Waals surface area contributed by atoms with E-state index in [1.165, 1.54) is 0 Å². The third-order valence-electron chi connectivity index (χ3n) is 2.48. The summed E-state index contributed by atoms with van der Waals surface area (Å²) in [4.78, 5) is 0. The molecule has 0 aromatic rings. The zero-order valence-electron chi connectivity index (χ0n) is 9.17. The van der Waals surface area contributed by atoms with E-state index in [0.717, 1.165) is 6.42 Å². The summed E-state index contributed by atoms with van der Waals surface area (Å²) in [5.41, 5.74) is 0. The molecule has 1 rings (SSSR count). The highest BCUT2D eigenvalue weighted by molar-refractivity contribution is 4.86. The Kier molecular flexibility index (Phi) is 4.95. The number of rotatable bonds is 5. The normalized spacial score (nSPS) is 36.4. The highest BCUT2D eigenvalue weighted by Gasteiger charge is 2.42. The highest BCUT2D eigenvalue weighted by Crippen LogP contribution is 2.22. The predicted molar refractivity (Wildman–Crippen MR) is 53.2 cm³/mol. The van der Waals surface area contributed by atoms with E-state index in [1.54, 1.807) is 0 Å². The van der Waals surface area contributed by atoms with Gasteiger partial charge in [-0.2, -0.15) is 0 Å². The molecule has 0 aromatic carbocycles. The molecule has 0 saturated carbocycles. The van der Waals surface area contributed by atoms with Crippen molar-refractivity contribution in [2.75, 3.05) is 13.2 Å². The maximum absolute atomic E-state index is 9.51. The minimum atomic E-state index is -1.07. The SMILES string of the molecule is CC(C)CCOC1OC(CO)C(O)C1O. The Labute approximate surface area is 89.6 Å². The van der Waals surface area contributed by atoms with E-state index >= 15 is 0 Å². The van der Waals surface area contributed by atoms with Crippen LogP contribution < -0.4 is 0 Å². The van der Waals surface area contributed by atoms with Crippen molar-refractivity contribution in [1.82, 2.24) is 0 Å². The average Bonchev–Trinajstić information content (AvgIpc) is 2.45. The van der Waals surface area contributed by atoms with Crippen LogP contribution in [0.15, 0.2) is 0 Å². The van der Waals surface area contributed by atoms with Crippen molar-refractivity contribution in [1.29, 1.82) is 0 Å². The molecule has 1 aliphatic rings. The van der Waals surface area contributed by atoms with Gasteiger partial charge in [0.15, 0.2) is 6.29 Å². The molecular formula is C10H20O5. The van der Waals surface area contributed by atoms with Gasteiger partial charge in [0, 0.05) is 0 Å². The molecule has 0 aromatic heterocycles. The van der Waals surface area contributed by atoms with Gasteiger partial charge in [-0.3, -0.25) is 0 Å². The van der Waals surface area contributed by atoms with Crippen LogP contribution in [0, 0.1) is 5.92 Å². The maximum Gasteiger partial charge on any atom is 0.186 e. The van der Waals surface area contributed by atoms with Crippen LogP contribution in [0.4, 0.5) is 0 Å². The summed E-state index contributed by atoms with van der Waals surface area (Å²) < 4.78 is 10.4. The second kappa shape index (κ2) is 5.77. The largest absolute Gasteiger partial charge is 0.394 e. The summed E-state index contributed by atoms with van der Waals surface area (Å²) in [6, 6.07) is 0. The molecule has 0 radical (unpaired) electrons. The molecular weight excluding hydrogens is 200 g/mol. The highest BCUT2D eigenvalue weighted by atomic mass is 16.7. The van der Waals surface area contributed by atoms with Crippen LogP contribution in [0.3, 0.4) is 0 Å². The van der Waals surface area contributed by atoms with Crippen molar-refractivity contribution in [2.24, 2.45) is 5.92 Å². The van der Waals surface area contributed by atoms with E-state index in [4.69, 9.17) is 14.6 Å². The van der Waals surface area contributed by atoms with E-state index < -0.39 is 24.6 Å². The second-order valence-electron chi connectivity index (χ2n) is 4.26. The quantitative estimate of drug-likeness (QED) is 0.581. The number of hydrogen-bond acceptors (Lipinski definition) is 5. The molecule has 5 nitrogen and oxygen atoms in total. The van der Waals surface area contributed by atoms with Gasteiger partial charge in [-0.1, -0.05) is 13.8 Å².